The molecule has 2 heterocycles. The van der Waals surface area contributed by atoms with Crippen molar-refractivity contribution in [2.45, 2.75) is 6.42 Å². The molecule has 4 heteroatoms. The maximum Gasteiger partial charge on any atom is 0.294 e. The van der Waals surface area contributed by atoms with Crippen molar-refractivity contribution in [1.82, 2.24) is 9.97 Å². The molecule has 2 aromatic rings. The SMILES string of the molecule is CNc1ncc(Cc2cccnc2)o1. The van der Waals surface area contributed by atoms with Crippen molar-refractivity contribution in [2.75, 3.05) is 12.4 Å². The van der Waals surface area contributed by atoms with E-state index < -0.39 is 0 Å². The molecule has 0 fully saturated rings. The maximum atomic E-state index is 5.39. The molecule has 0 saturated carbocycles. The topological polar surface area (TPSA) is 51.0 Å². The highest BCUT2D eigenvalue weighted by atomic mass is 16.4. The fourth-order valence-electron chi connectivity index (χ4n) is 1.21. The van der Waals surface area contributed by atoms with E-state index in [2.05, 4.69) is 15.3 Å². The van der Waals surface area contributed by atoms with Crippen LogP contribution in [0.2, 0.25) is 0 Å². The number of aromatic nitrogens is 2. The summed E-state index contributed by atoms with van der Waals surface area (Å²) in [4.78, 5) is 8.06. The Bertz CT molecular complexity index is 397. The first-order chi connectivity index (χ1) is 6.88. The van der Waals surface area contributed by atoms with Crippen LogP contribution in [0, 0.1) is 0 Å². The Labute approximate surface area is 82.0 Å². The molecule has 2 aromatic heterocycles. The minimum absolute atomic E-state index is 0.545. The number of anilines is 1. The molecule has 2 rings (SSSR count). The lowest BCUT2D eigenvalue weighted by Crippen LogP contribution is -1.87. The predicted molar refractivity (Wildman–Crippen MR) is 53.1 cm³/mol. The van der Waals surface area contributed by atoms with E-state index in [1.807, 2.05) is 18.3 Å². The number of oxazole rings is 1. The minimum Gasteiger partial charge on any atom is -0.428 e. The summed E-state index contributed by atoms with van der Waals surface area (Å²) in [5, 5.41) is 2.84. The first kappa shape index (κ1) is 8.74. The van der Waals surface area contributed by atoms with Crippen molar-refractivity contribution in [3.63, 3.8) is 0 Å². The highest BCUT2D eigenvalue weighted by Crippen LogP contribution is 2.12. The van der Waals surface area contributed by atoms with Crippen molar-refractivity contribution in [3.8, 4) is 0 Å². The van der Waals surface area contributed by atoms with Gasteiger partial charge in [0.25, 0.3) is 6.01 Å². The average Bonchev–Trinajstić information content (AvgIpc) is 2.67. The number of rotatable bonds is 3. The van der Waals surface area contributed by atoms with E-state index in [4.69, 9.17) is 4.42 Å². The summed E-state index contributed by atoms with van der Waals surface area (Å²) in [6.07, 6.45) is 6.02. The van der Waals surface area contributed by atoms with E-state index >= 15 is 0 Å². The van der Waals surface area contributed by atoms with Crippen LogP contribution in [0.1, 0.15) is 11.3 Å². The highest BCUT2D eigenvalue weighted by Gasteiger charge is 2.02. The standard InChI is InChI=1S/C10H11N3O/c1-11-10-13-7-9(14-10)5-8-3-2-4-12-6-8/h2-4,6-7H,5H2,1H3,(H,11,13). The summed E-state index contributed by atoms with van der Waals surface area (Å²) in [5.74, 6) is 0.836. The summed E-state index contributed by atoms with van der Waals surface area (Å²) >= 11 is 0. The number of hydrogen-bond donors (Lipinski definition) is 1. The van der Waals surface area contributed by atoms with Gasteiger partial charge in [0.05, 0.1) is 6.20 Å². The van der Waals surface area contributed by atoms with Crippen molar-refractivity contribution < 1.29 is 4.42 Å². The second kappa shape index (κ2) is 3.91. The Morgan fingerprint density at radius 1 is 1.43 bits per heavy atom. The maximum absolute atomic E-state index is 5.39. The van der Waals surface area contributed by atoms with E-state index in [9.17, 15) is 0 Å². The fraction of sp³-hybridized carbons (Fsp3) is 0.200. The van der Waals surface area contributed by atoms with E-state index in [1.54, 1.807) is 19.4 Å². The Morgan fingerprint density at radius 2 is 2.36 bits per heavy atom. The lowest BCUT2D eigenvalue weighted by molar-refractivity contribution is 0.530. The first-order valence-corrected chi connectivity index (χ1v) is 4.40. The molecule has 0 spiro atoms. The predicted octanol–water partition coefficient (Wildman–Crippen LogP) is 1.70. The Morgan fingerprint density at radius 3 is 3.00 bits per heavy atom. The molecule has 4 nitrogen and oxygen atoms in total. The third-order valence-corrected chi connectivity index (χ3v) is 1.87. The molecule has 0 amide bonds. The molecule has 0 bridgehead atoms. The lowest BCUT2D eigenvalue weighted by Gasteiger charge is -1.95. The van der Waals surface area contributed by atoms with E-state index in [1.165, 1.54) is 0 Å². The molecule has 1 N–H and O–H groups in total. The molecule has 0 aliphatic heterocycles. The smallest absolute Gasteiger partial charge is 0.294 e. The quantitative estimate of drug-likeness (QED) is 0.798. The molecule has 0 aromatic carbocycles. The third-order valence-electron chi connectivity index (χ3n) is 1.87. The molecular weight excluding hydrogens is 178 g/mol. The minimum atomic E-state index is 0.545. The van der Waals surface area contributed by atoms with Gasteiger partial charge < -0.3 is 9.73 Å². The normalized spacial score (nSPS) is 10.1. The van der Waals surface area contributed by atoms with Crippen molar-refractivity contribution in [2.24, 2.45) is 0 Å². The Balaban J connectivity index is 2.11. The zero-order valence-electron chi connectivity index (χ0n) is 7.90. The molecule has 72 valence electrons. The zero-order valence-corrected chi connectivity index (χ0v) is 7.90. The molecule has 0 aliphatic carbocycles. The number of nitrogens with one attached hydrogen (secondary N) is 1. The molecule has 0 unspecified atom stereocenters. The summed E-state index contributed by atoms with van der Waals surface area (Å²) in [5.41, 5.74) is 1.12. The van der Waals surface area contributed by atoms with Gasteiger partial charge in [0.1, 0.15) is 5.76 Å². The van der Waals surface area contributed by atoms with E-state index in [-0.39, 0.29) is 0 Å². The molecule has 0 atom stereocenters. The van der Waals surface area contributed by atoms with Crippen LogP contribution in [-0.2, 0) is 6.42 Å². The van der Waals surface area contributed by atoms with Crippen molar-refractivity contribution in [1.29, 1.82) is 0 Å². The van der Waals surface area contributed by atoms with Gasteiger partial charge in [-0.25, -0.2) is 4.98 Å². The molecular formula is C10H11N3O. The number of nitrogens with zero attached hydrogens (tertiary/aromatic N) is 2. The first-order valence-electron chi connectivity index (χ1n) is 4.40. The molecule has 0 radical (unpaired) electrons. The fourth-order valence-corrected chi connectivity index (χ4v) is 1.21. The second-order valence-corrected chi connectivity index (χ2v) is 2.92. The Hall–Kier alpha value is -1.84. The second-order valence-electron chi connectivity index (χ2n) is 2.92. The lowest BCUT2D eigenvalue weighted by atomic mass is 10.2. The van der Waals surface area contributed by atoms with Crippen LogP contribution in [0.25, 0.3) is 0 Å². The largest absolute Gasteiger partial charge is 0.428 e. The Kier molecular flexibility index (Phi) is 2.44. The van der Waals surface area contributed by atoms with Gasteiger partial charge >= 0.3 is 0 Å². The van der Waals surface area contributed by atoms with Crippen LogP contribution in [0.15, 0.2) is 35.1 Å². The van der Waals surface area contributed by atoms with E-state index in [0.29, 0.717) is 6.01 Å². The average molecular weight is 189 g/mol. The van der Waals surface area contributed by atoms with Crippen molar-refractivity contribution in [3.05, 3.63) is 42.0 Å². The van der Waals surface area contributed by atoms with Gasteiger partial charge in [-0.3, -0.25) is 4.98 Å². The number of pyridine rings is 1. The van der Waals surface area contributed by atoms with Crippen LogP contribution in [-0.4, -0.2) is 17.0 Å². The van der Waals surface area contributed by atoms with Gasteiger partial charge in [0.15, 0.2) is 0 Å². The van der Waals surface area contributed by atoms with Gasteiger partial charge in [0.2, 0.25) is 0 Å². The van der Waals surface area contributed by atoms with Crippen molar-refractivity contribution >= 4 is 6.01 Å². The highest BCUT2D eigenvalue weighted by molar-refractivity contribution is 5.22. The van der Waals surface area contributed by atoms with Crippen LogP contribution in [0.5, 0.6) is 0 Å². The summed E-state index contributed by atoms with van der Waals surface area (Å²) in [6, 6.07) is 4.46. The third kappa shape index (κ3) is 1.90. The summed E-state index contributed by atoms with van der Waals surface area (Å²) in [6.45, 7) is 0. The monoisotopic (exact) mass is 189 g/mol. The summed E-state index contributed by atoms with van der Waals surface area (Å²) < 4.78 is 5.39. The van der Waals surface area contributed by atoms with Gasteiger partial charge in [0, 0.05) is 25.9 Å². The van der Waals surface area contributed by atoms with Crippen LogP contribution in [0.4, 0.5) is 6.01 Å². The number of hydrogen-bond acceptors (Lipinski definition) is 4. The molecule has 14 heavy (non-hydrogen) atoms. The summed E-state index contributed by atoms with van der Waals surface area (Å²) in [7, 11) is 1.78. The van der Waals surface area contributed by atoms with Gasteiger partial charge in [-0.05, 0) is 11.6 Å². The zero-order chi connectivity index (χ0) is 9.80. The van der Waals surface area contributed by atoms with Crippen LogP contribution in [0.3, 0.4) is 0 Å². The van der Waals surface area contributed by atoms with Crippen LogP contribution >= 0.6 is 0 Å². The van der Waals surface area contributed by atoms with Gasteiger partial charge in [-0.1, -0.05) is 6.07 Å². The van der Waals surface area contributed by atoms with Crippen LogP contribution < -0.4 is 5.32 Å². The molecule has 0 saturated heterocycles. The van der Waals surface area contributed by atoms with E-state index in [0.717, 1.165) is 17.7 Å². The van der Waals surface area contributed by atoms with Gasteiger partial charge in [-0.15, -0.1) is 0 Å². The molecule has 0 aliphatic rings. The van der Waals surface area contributed by atoms with Gasteiger partial charge in [-0.2, -0.15) is 0 Å².